The smallest absolute Gasteiger partial charge is 0.255 e. The summed E-state index contributed by atoms with van der Waals surface area (Å²) >= 11 is 0. The van der Waals surface area contributed by atoms with E-state index < -0.39 is 0 Å². The Kier molecular flexibility index (Phi) is 3.96. The van der Waals surface area contributed by atoms with Crippen molar-refractivity contribution in [2.24, 2.45) is 0 Å². The van der Waals surface area contributed by atoms with Gasteiger partial charge in [-0.25, -0.2) is 4.98 Å². The third-order valence-electron chi connectivity index (χ3n) is 3.43. The van der Waals surface area contributed by atoms with Crippen molar-refractivity contribution in [3.8, 4) is 0 Å². The maximum atomic E-state index is 12.2. The van der Waals surface area contributed by atoms with Gasteiger partial charge in [-0.1, -0.05) is 30.3 Å². The van der Waals surface area contributed by atoms with Crippen LogP contribution in [-0.4, -0.2) is 21.8 Å². The van der Waals surface area contributed by atoms with Crippen LogP contribution in [0.25, 0.3) is 5.65 Å². The van der Waals surface area contributed by atoms with E-state index in [9.17, 15) is 4.79 Å². The van der Waals surface area contributed by atoms with Crippen molar-refractivity contribution in [3.63, 3.8) is 0 Å². The molecule has 2 aromatic heterocycles. The molecule has 1 N–H and O–H groups in total. The molecule has 21 heavy (non-hydrogen) atoms. The molecule has 0 bridgehead atoms. The van der Waals surface area contributed by atoms with Crippen molar-refractivity contribution in [2.75, 3.05) is 6.54 Å². The van der Waals surface area contributed by atoms with E-state index in [0.717, 1.165) is 12.8 Å². The van der Waals surface area contributed by atoms with E-state index in [1.54, 1.807) is 12.3 Å². The predicted octanol–water partition coefficient (Wildman–Crippen LogP) is 2.70. The second-order valence-electron chi connectivity index (χ2n) is 4.93. The number of nitrogens with one attached hydrogen (secondary N) is 1. The Hall–Kier alpha value is -2.62. The van der Waals surface area contributed by atoms with Gasteiger partial charge in [-0.3, -0.25) is 4.79 Å². The summed E-state index contributed by atoms with van der Waals surface area (Å²) in [6, 6.07) is 13.9. The zero-order valence-electron chi connectivity index (χ0n) is 11.7. The van der Waals surface area contributed by atoms with Crippen LogP contribution in [0.15, 0.2) is 61.1 Å². The molecular weight excluding hydrogens is 262 g/mol. The first-order valence-corrected chi connectivity index (χ1v) is 7.08. The van der Waals surface area contributed by atoms with E-state index in [2.05, 4.69) is 22.4 Å². The number of hydrogen-bond acceptors (Lipinski definition) is 2. The van der Waals surface area contributed by atoms with E-state index in [1.165, 1.54) is 5.56 Å². The number of fused-ring (bicyclic) bond motifs is 1. The lowest BCUT2D eigenvalue weighted by Gasteiger charge is -2.06. The number of benzene rings is 1. The Morgan fingerprint density at radius 3 is 2.81 bits per heavy atom. The molecule has 3 aromatic rings. The molecule has 0 atom stereocenters. The van der Waals surface area contributed by atoms with Gasteiger partial charge in [0.1, 0.15) is 5.65 Å². The molecule has 4 nitrogen and oxygen atoms in total. The molecule has 0 aliphatic rings. The molecule has 3 rings (SSSR count). The summed E-state index contributed by atoms with van der Waals surface area (Å²) in [7, 11) is 0. The Balaban J connectivity index is 1.56. The molecule has 106 valence electrons. The predicted molar refractivity (Wildman–Crippen MR) is 82.3 cm³/mol. The van der Waals surface area contributed by atoms with E-state index >= 15 is 0 Å². The first-order chi connectivity index (χ1) is 10.3. The van der Waals surface area contributed by atoms with E-state index in [0.29, 0.717) is 17.8 Å². The molecule has 4 heteroatoms. The van der Waals surface area contributed by atoms with Crippen LogP contribution in [0.2, 0.25) is 0 Å². The number of amides is 1. The zero-order valence-corrected chi connectivity index (χ0v) is 11.7. The summed E-state index contributed by atoms with van der Waals surface area (Å²) < 4.78 is 1.85. The molecular formula is C17H17N3O. The second kappa shape index (κ2) is 6.22. The van der Waals surface area contributed by atoms with Gasteiger partial charge in [-0.15, -0.1) is 0 Å². The van der Waals surface area contributed by atoms with Crippen molar-refractivity contribution in [1.29, 1.82) is 0 Å². The van der Waals surface area contributed by atoms with Gasteiger partial charge in [-0.05, 0) is 30.5 Å². The summed E-state index contributed by atoms with van der Waals surface area (Å²) in [4.78, 5) is 16.4. The fourth-order valence-corrected chi connectivity index (χ4v) is 2.36. The lowest BCUT2D eigenvalue weighted by atomic mass is 10.1. The number of pyridine rings is 1. The van der Waals surface area contributed by atoms with Gasteiger partial charge in [-0.2, -0.15) is 0 Å². The number of imidazole rings is 1. The van der Waals surface area contributed by atoms with E-state index in [-0.39, 0.29) is 5.91 Å². The van der Waals surface area contributed by atoms with Crippen LogP contribution >= 0.6 is 0 Å². The molecule has 0 unspecified atom stereocenters. The molecule has 0 radical (unpaired) electrons. The average molecular weight is 279 g/mol. The van der Waals surface area contributed by atoms with Crippen LogP contribution in [0.1, 0.15) is 22.3 Å². The fourth-order valence-electron chi connectivity index (χ4n) is 2.36. The molecule has 2 heterocycles. The highest BCUT2D eigenvalue weighted by Crippen LogP contribution is 2.08. The number of rotatable bonds is 5. The van der Waals surface area contributed by atoms with Crippen LogP contribution in [0.5, 0.6) is 0 Å². The molecule has 0 saturated heterocycles. The van der Waals surface area contributed by atoms with Gasteiger partial charge >= 0.3 is 0 Å². The molecule has 1 aromatic carbocycles. The van der Waals surface area contributed by atoms with E-state index in [4.69, 9.17) is 0 Å². The Morgan fingerprint density at radius 2 is 1.95 bits per heavy atom. The van der Waals surface area contributed by atoms with Crippen molar-refractivity contribution in [3.05, 3.63) is 72.2 Å². The number of aromatic nitrogens is 2. The second-order valence-corrected chi connectivity index (χ2v) is 4.93. The number of nitrogens with zero attached hydrogens (tertiary/aromatic N) is 2. The van der Waals surface area contributed by atoms with Crippen LogP contribution in [-0.2, 0) is 6.42 Å². The Labute approximate surface area is 123 Å². The van der Waals surface area contributed by atoms with E-state index in [1.807, 2.05) is 41.1 Å². The molecule has 0 spiro atoms. The first kappa shape index (κ1) is 13.4. The topological polar surface area (TPSA) is 46.4 Å². The summed E-state index contributed by atoms with van der Waals surface area (Å²) in [5.41, 5.74) is 2.60. The quantitative estimate of drug-likeness (QED) is 0.730. The van der Waals surface area contributed by atoms with Gasteiger partial charge in [0.2, 0.25) is 0 Å². The third kappa shape index (κ3) is 3.11. The standard InChI is InChI=1S/C17H17N3O/c21-17(15-9-5-12-20-13-11-18-16(15)20)19-10-4-8-14-6-2-1-3-7-14/h1-3,5-7,9,11-13H,4,8,10H2,(H,19,21). The minimum Gasteiger partial charge on any atom is -0.352 e. The summed E-state index contributed by atoms with van der Waals surface area (Å²) in [6.45, 7) is 0.662. The molecule has 0 fully saturated rings. The summed E-state index contributed by atoms with van der Waals surface area (Å²) in [6.07, 6.45) is 7.31. The maximum Gasteiger partial charge on any atom is 0.255 e. The van der Waals surface area contributed by atoms with Gasteiger partial charge in [0.25, 0.3) is 5.91 Å². The third-order valence-corrected chi connectivity index (χ3v) is 3.43. The lowest BCUT2D eigenvalue weighted by molar-refractivity contribution is 0.0954. The van der Waals surface area contributed by atoms with Crippen LogP contribution < -0.4 is 5.32 Å². The lowest BCUT2D eigenvalue weighted by Crippen LogP contribution is -2.25. The van der Waals surface area contributed by atoms with Crippen molar-refractivity contribution >= 4 is 11.6 Å². The van der Waals surface area contributed by atoms with Crippen LogP contribution in [0.3, 0.4) is 0 Å². The zero-order chi connectivity index (χ0) is 14.5. The SMILES string of the molecule is O=C(NCCCc1ccccc1)c1cccn2ccnc12. The molecule has 0 aliphatic carbocycles. The highest BCUT2D eigenvalue weighted by molar-refractivity contribution is 5.99. The molecule has 0 saturated carbocycles. The van der Waals surface area contributed by atoms with Crippen molar-refractivity contribution < 1.29 is 4.79 Å². The fraction of sp³-hybridized carbons (Fsp3) is 0.176. The Morgan fingerprint density at radius 1 is 1.10 bits per heavy atom. The van der Waals surface area contributed by atoms with Crippen LogP contribution in [0, 0.1) is 0 Å². The first-order valence-electron chi connectivity index (χ1n) is 7.08. The Bertz CT molecular complexity index is 734. The van der Waals surface area contributed by atoms with Crippen LogP contribution in [0.4, 0.5) is 0 Å². The maximum absolute atomic E-state index is 12.2. The number of aryl methyl sites for hydroxylation is 1. The highest BCUT2D eigenvalue weighted by atomic mass is 16.1. The summed E-state index contributed by atoms with van der Waals surface area (Å²) in [5.74, 6) is -0.0696. The molecule has 0 aliphatic heterocycles. The largest absolute Gasteiger partial charge is 0.352 e. The number of hydrogen-bond donors (Lipinski definition) is 1. The van der Waals surface area contributed by atoms with Gasteiger partial charge in [0.15, 0.2) is 0 Å². The minimum atomic E-state index is -0.0696. The summed E-state index contributed by atoms with van der Waals surface area (Å²) in [5, 5.41) is 2.96. The highest BCUT2D eigenvalue weighted by Gasteiger charge is 2.10. The number of carbonyl (C=O) groups excluding carboxylic acids is 1. The van der Waals surface area contributed by atoms with Crippen molar-refractivity contribution in [2.45, 2.75) is 12.8 Å². The van der Waals surface area contributed by atoms with Crippen molar-refractivity contribution in [1.82, 2.24) is 14.7 Å². The number of carbonyl (C=O) groups is 1. The molecule has 1 amide bonds. The minimum absolute atomic E-state index is 0.0696. The average Bonchev–Trinajstić information content (AvgIpc) is 3.01. The van der Waals surface area contributed by atoms with Gasteiger partial charge in [0.05, 0.1) is 5.56 Å². The van der Waals surface area contributed by atoms with Gasteiger partial charge < -0.3 is 9.72 Å². The normalized spacial score (nSPS) is 10.7. The van der Waals surface area contributed by atoms with Gasteiger partial charge in [0, 0.05) is 25.1 Å². The monoisotopic (exact) mass is 279 g/mol.